The number of aromatic nitrogens is 2. The van der Waals surface area contributed by atoms with Crippen LogP contribution in [0.2, 0.25) is 5.02 Å². The monoisotopic (exact) mass is 373 g/mol. The van der Waals surface area contributed by atoms with Gasteiger partial charge in [-0.1, -0.05) is 11.6 Å². The Hall–Kier alpha value is -2.31. The van der Waals surface area contributed by atoms with E-state index in [-0.39, 0.29) is 30.6 Å². The number of amides is 1. The highest BCUT2D eigenvalue weighted by Gasteiger charge is 2.36. The first-order valence-electron chi connectivity index (χ1n) is 8.60. The molecule has 2 N–H and O–H groups in total. The Morgan fingerprint density at radius 1 is 1.46 bits per heavy atom. The SMILES string of the molecule is Cn1cc([C@@H](NC(=O)C2=Cc3cc(Cl)ccc3OC2)C2CC(O)C2)cn1. The molecule has 0 saturated heterocycles. The molecule has 1 aromatic heterocycles. The van der Waals surface area contributed by atoms with Crippen LogP contribution < -0.4 is 10.1 Å². The minimum atomic E-state index is -0.290. The second kappa shape index (κ2) is 6.78. The molecule has 2 aromatic rings. The van der Waals surface area contributed by atoms with Crippen molar-refractivity contribution in [2.75, 3.05) is 6.61 Å². The van der Waals surface area contributed by atoms with Gasteiger partial charge in [0.25, 0.3) is 5.91 Å². The Bertz CT molecular complexity index is 871. The molecule has 6 nitrogen and oxygen atoms in total. The Kier molecular flexibility index (Phi) is 4.46. The number of nitrogens with one attached hydrogen (secondary N) is 1. The zero-order valence-corrected chi connectivity index (χ0v) is 15.1. The summed E-state index contributed by atoms with van der Waals surface area (Å²) in [7, 11) is 1.84. The van der Waals surface area contributed by atoms with Gasteiger partial charge in [-0.2, -0.15) is 5.10 Å². The van der Waals surface area contributed by atoms with Gasteiger partial charge in [0.2, 0.25) is 0 Å². The lowest BCUT2D eigenvalue weighted by Crippen LogP contribution is -2.42. The van der Waals surface area contributed by atoms with Gasteiger partial charge < -0.3 is 15.2 Å². The molecule has 0 unspecified atom stereocenters. The van der Waals surface area contributed by atoms with Gasteiger partial charge in [0.1, 0.15) is 12.4 Å². The van der Waals surface area contributed by atoms with Crippen molar-refractivity contribution in [3.8, 4) is 5.75 Å². The predicted octanol–water partition coefficient (Wildman–Crippen LogP) is 2.48. The molecule has 2 heterocycles. The van der Waals surface area contributed by atoms with E-state index in [0.717, 1.165) is 16.9 Å². The minimum Gasteiger partial charge on any atom is -0.488 e. The van der Waals surface area contributed by atoms with Crippen LogP contribution in [0.25, 0.3) is 6.08 Å². The average molecular weight is 374 g/mol. The van der Waals surface area contributed by atoms with Crippen LogP contribution in [0.4, 0.5) is 0 Å². The third-order valence-electron chi connectivity index (χ3n) is 4.97. The van der Waals surface area contributed by atoms with Gasteiger partial charge in [-0.15, -0.1) is 0 Å². The molecule has 136 valence electrons. The number of ether oxygens (including phenoxy) is 1. The van der Waals surface area contributed by atoms with Gasteiger partial charge >= 0.3 is 0 Å². The fourth-order valence-corrected chi connectivity index (χ4v) is 3.67. The fraction of sp³-hybridized carbons (Fsp3) is 0.368. The van der Waals surface area contributed by atoms with Gasteiger partial charge in [0.05, 0.1) is 23.9 Å². The fourth-order valence-electron chi connectivity index (χ4n) is 3.49. The van der Waals surface area contributed by atoms with Gasteiger partial charge in [-0.3, -0.25) is 9.48 Å². The summed E-state index contributed by atoms with van der Waals surface area (Å²) in [4.78, 5) is 12.8. The van der Waals surface area contributed by atoms with Gasteiger partial charge in [0.15, 0.2) is 0 Å². The first-order valence-corrected chi connectivity index (χ1v) is 8.98. The molecule has 1 aliphatic carbocycles. The number of carbonyl (C=O) groups is 1. The third kappa shape index (κ3) is 3.34. The van der Waals surface area contributed by atoms with E-state index in [0.29, 0.717) is 23.4 Å². The second-order valence-corrected chi connectivity index (χ2v) is 7.36. The Balaban J connectivity index is 1.55. The van der Waals surface area contributed by atoms with Crippen molar-refractivity contribution in [2.24, 2.45) is 13.0 Å². The van der Waals surface area contributed by atoms with Crippen molar-refractivity contribution in [3.05, 3.63) is 52.3 Å². The number of hydrogen-bond donors (Lipinski definition) is 2. The zero-order valence-electron chi connectivity index (χ0n) is 14.4. The van der Waals surface area contributed by atoms with Crippen molar-refractivity contribution >= 4 is 23.6 Å². The van der Waals surface area contributed by atoms with Crippen molar-refractivity contribution < 1.29 is 14.6 Å². The van der Waals surface area contributed by atoms with Crippen LogP contribution in [0.3, 0.4) is 0 Å². The maximum Gasteiger partial charge on any atom is 0.251 e. The summed E-state index contributed by atoms with van der Waals surface area (Å²) in [6.07, 6.45) is 6.53. The number of aliphatic hydroxyl groups excluding tert-OH is 1. The highest BCUT2D eigenvalue weighted by molar-refractivity contribution is 6.30. The van der Waals surface area contributed by atoms with E-state index in [2.05, 4.69) is 10.4 Å². The summed E-state index contributed by atoms with van der Waals surface area (Å²) in [6.45, 7) is 0.216. The summed E-state index contributed by atoms with van der Waals surface area (Å²) in [6, 6.07) is 5.17. The number of aliphatic hydroxyl groups is 1. The van der Waals surface area contributed by atoms with Crippen molar-refractivity contribution in [2.45, 2.75) is 25.0 Å². The highest BCUT2D eigenvalue weighted by Crippen LogP contribution is 2.38. The van der Waals surface area contributed by atoms with Crippen molar-refractivity contribution in [1.82, 2.24) is 15.1 Å². The van der Waals surface area contributed by atoms with Crippen molar-refractivity contribution in [1.29, 1.82) is 0 Å². The molecule has 1 saturated carbocycles. The summed E-state index contributed by atoms with van der Waals surface area (Å²) in [5.41, 5.74) is 2.29. The van der Waals surface area contributed by atoms with Crippen LogP contribution in [-0.4, -0.2) is 33.5 Å². The maximum absolute atomic E-state index is 12.8. The molecule has 1 atom stereocenters. The zero-order chi connectivity index (χ0) is 18.3. The summed E-state index contributed by atoms with van der Waals surface area (Å²) in [5.74, 6) is 0.743. The number of aryl methyl sites for hydroxylation is 1. The van der Waals surface area contributed by atoms with E-state index in [9.17, 15) is 9.90 Å². The molecule has 1 aliphatic heterocycles. The maximum atomic E-state index is 12.8. The van der Waals surface area contributed by atoms with E-state index < -0.39 is 0 Å². The Labute approximate surface area is 156 Å². The van der Waals surface area contributed by atoms with E-state index in [1.807, 2.05) is 19.3 Å². The van der Waals surface area contributed by atoms with Crippen LogP contribution in [0, 0.1) is 5.92 Å². The van der Waals surface area contributed by atoms with Crippen molar-refractivity contribution in [3.63, 3.8) is 0 Å². The number of hydrogen-bond acceptors (Lipinski definition) is 4. The molecule has 1 amide bonds. The van der Waals surface area contributed by atoms with Crippen LogP contribution in [-0.2, 0) is 11.8 Å². The third-order valence-corrected chi connectivity index (χ3v) is 5.20. The lowest BCUT2D eigenvalue weighted by molar-refractivity contribution is -0.119. The van der Waals surface area contributed by atoms with E-state index >= 15 is 0 Å². The molecule has 1 fully saturated rings. The summed E-state index contributed by atoms with van der Waals surface area (Å²) < 4.78 is 7.39. The number of fused-ring (bicyclic) bond motifs is 1. The molecule has 26 heavy (non-hydrogen) atoms. The molecule has 4 rings (SSSR count). The smallest absolute Gasteiger partial charge is 0.251 e. The molecule has 0 bridgehead atoms. The van der Waals surface area contributed by atoms with Gasteiger partial charge in [-0.05, 0) is 43.0 Å². The number of rotatable bonds is 4. The number of benzene rings is 1. The Morgan fingerprint density at radius 3 is 2.96 bits per heavy atom. The molecular weight excluding hydrogens is 354 g/mol. The molecular formula is C19H20ClN3O3. The first-order chi connectivity index (χ1) is 12.5. The number of halogens is 1. The predicted molar refractivity (Wildman–Crippen MR) is 97.7 cm³/mol. The lowest BCUT2D eigenvalue weighted by atomic mass is 9.75. The van der Waals surface area contributed by atoms with E-state index in [1.54, 1.807) is 29.1 Å². The number of nitrogens with zero attached hydrogens (tertiary/aromatic N) is 2. The lowest BCUT2D eigenvalue weighted by Gasteiger charge is -2.37. The minimum absolute atomic E-state index is 0.175. The largest absolute Gasteiger partial charge is 0.488 e. The molecule has 1 aromatic carbocycles. The van der Waals surface area contributed by atoms with Crippen LogP contribution in [0.1, 0.15) is 30.0 Å². The molecule has 0 spiro atoms. The Morgan fingerprint density at radius 2 is 2.27 bits per heavy atom. The van der Waals surface area contributed by atoms with Gasteiger partial charge in [-0.25, -0.2) is 0 Å². The molecule has 2 aliphatic rings. The van der Waals surface area contributed by atoms with Gasteiger partial charge in [0, 0.05) is 29.4 Å². The highest BCUT2D eigenvalue weighted by atomic mass is 35.5. The topological polar surface area (TPSA) is 76.4 Å². The van der Waals surface area contributed by atoms with Crippen LogP contribution >= 0.6 is 11.6 Å². The van der Waals surface area contributed by atoms with E-state index in [1.165, 1.54) is 0 Å². The molecule has 7 heteroatoms. The second-order valence-electron chi connectivity index (χ2n) is 6.92. The standard InChI is InChI=1S/C19H20ClN3O3/c1-23-9-14(8-21-23)18(12-6-16(24)7-12)22-19(25)13-4-11-5-15(20)2-3-17(11)26-10-13/h2-5,8-9,12,16,18,24H,6-7,10H2,1H3,(H,22,25)/t12?,16?,18-/m0/s1. The van der Waals surface area contributed by atoms with Crippen LogP contribution in [0.15, 0.2) is 36.2 Å². The summed E-state index contributed by atoms with van der Waals surface area (Å²) in [5, 5.41) is 17.6. The van der Waals surface area contributed by atoms with E-state index in [4.69, 9.17) is 16.3 Å². The van der Waals surface area contributed by atoms with Crippen LogP contribution in [0.5, 0.6) is 5.75 Å². The summed E-state index contributed by atoms with van der Waals surface area (Å²) >= 11 is 6.03. The average Bonchev–Trinajstić information content (AvgIpc) is 3.02. The quantitative estimate of drug-likeness (QED) is 0.863. The normalized spacial score (nSPS) is 22.5. The number of carbonyl (C=O) groups excluding carboxylic acids is 1. The molecule has 0 radical (unpaired) electrons. The first kappa shape index (κ1) is 17.1.